The minimum Gasteiger partial charge on any atom is -0.477 e. The number of rotatable bonds is 7. The summed E-state index contributed by atoms with van der Waals surface area (Å²) in [5.41, 5.74) is 2.10. The third kappa shape index (κ3) is 3.97. The van der Waals surface area contributed by atoms with E-state index in [0.29, 0.717) is 18.4 Å². The van der Waals surface area contributed by atoms with Crippen LogP contribution in [0.5, 0.6) is 5.88 Å². The van der Waals surface area contributed by atoms with Gasteiger partial charge in [-0.1, -0.05) is 13.8 Å². The van der Waals surface area contributed by atoms with Crippen LogP contribution in [0.1, 0.15) is 38.1 Å². The van der Waals surface area contributed by atoms with E-state index < -0.39 is 0 Å². The van der Waals surface area contributed by atoms with E-state index in [9.17, 15) is 0 Å². The molecule has 0 aromatic carbocycles. The first-order chi connectivity index (χ1) is 7.81. The summed E-state index contributed by atoms with van der Waals surface area (Å²) in [5, 5.41) is 0. The number of hydrogen-bond acceptors (Lipinski definition) is 3. The number of alkyl halides is 1. The van der Waals surface area contributed by atoms with Crippen LogP contribution in [-0.2, 0) is 12.8 Å². The lowest BCUT2D eigenvalue weighted by atomic mass is 10.2. The van der Waals surface area contributed by atoms with Crippen LogP contribution in [0.4, 0.5) is 0 Å². The quantitative estimate of drug-likeness (QED) is 0.545. The normalized spacial score (nSPS) is 10.4. The summed E-state index contributed by atoms with van der Waals surface area (Å²) in [5.74, 6) is 1.31. The third-order valence-electron chi connectivity index (χ3n) is 2.36. The van der Waals surface area contributed by atoms with Crippen LogP contribution in [-0.4, -0.2) is 22.5 Å². The first kappa shape index (κ1) is 13.2. The number of ether oxygens (including phenoxy) is 1. The van der Waals surface area contributed by atoms with E-state index in [1.54, 1.807) is 6.20 Å². The molecule has 0 amide bonds. The second kappa shape index (κ2) is 7.44. The summed E-state index contributed by atoms with van der Waals surface area (Å²) in [6.07, 6.45) is 5.46. The summed E-state index contributed by atoms with van der Waals surface area (Å²) in [4.78, 5) is 8.80. The van der Waals surface area contributed by atoms with Crippen LogP contribution < -0.4 is 4.74 Å². The van der Waals surface area contributed by atoms with Gasteiger partial charge in [-0.05, 0) is 25.7 Å². The van der Waals surface area contributed by atoms with Crippen LogP contribution in [0.25, 0.3) is 0 Å². The van der Waals surface area contributed by atoms with E-state index in [4.69, 9.17) is 16.3 Å². The standard InChI is InChI=1S/C12H19ClN2O/c1-3-10-11(4-2)15-12(9-14-10)16-8-6-5-7-13/h9H,3-8H2,1-2H3. The van der Waals surface area contributed by atoms with Crippen molar-refractivity contribution in [3.63, 3.8) is 0 Å². The van der Waals surface area contributed by atoms with E-state index in [2.05, 4.69) is 23.8 Å². The van der Waals surface area contributed by atoms with Gasteiger partial charge in [0.05, 0.1) is 24.2 Å². The lowest BCUT2D eigenvalue weighted by Gasteiger charge is -2.08. The van der Waals surface area contributed by atoms with Crippen molar-refractivity contribution in [3.05, 3.63) is 17.6 Å². The SMILES string of the molecule is CCc1ncc(OCCCCCl)nc1CC. The lowest BCUT2D eigenvalue weighted by molar-refractivity contribution is 0.295. The highest BCUT2D eigenvalue weighted by molar-refractivity contribution is 6.17. The average molecular weight is 243 g/mol. The molecule has 1 rings (SSSR count). The first-order valence-corrected chi connectivity index (χ1v) is 6.38. The fraction of sp³-hybridized carbons (Fsp3) is 0.667. The Morgan fingerprint density at radius 3 is 2.56 bits per heavy atom. The number of nitrogens with zero attached hydrogens (tertiary/aromatic N) is 2. The summed E-state index contributed by atoms with van der Waals surface area (Å²) >= 11 is 5.59. The van der Waals surface area contributed by atoms with Crippen LogP contribution in [0.15, 0.2) is 6.20 Å². The molecule has 0 aliphatic rings. The second-order valence-corrected chi connectivity index (χ2v) is 3.93. The second-order valence-electron chi connectivity index (χ2n) is 3.55. The number of unbranched alkanes of at least 4 members (excludes halogenated alkanes) is 1. The molecule has 1 aromatic heterocycles. The van der Waals surface area contributed by atoms with Gasteiger partial charge in [-0.2, -0.15) is 0 Å². The van der Waals surface area contributed by atoms with Crippen molar-refractivity contribution in [2.75, 3.05) is 12.5 Å². The number of aromatic nitrogens is 2. The fourth-order valence-corrected chi connectivity index (χ4v) is 1.64. The highest BCUT2D eigenvalue weighted by atomic mass is 35.5. The number of aryl methyl sites for hydroxylation is 2. The monoisotopic (exact) mass is 242 g/mol. The molecule has 0 N–H and O–H groups in total. The Labute approximate surface area is 102 Å². The van der Waals surface area contributed by atoms with Gasteiger partial charge in [0.1, 0.15) is 0 Å². The van der Waals surface area contributed by atoms with Crippen LogP contribution in [0.3, 0.4) is 0 Å². The summed E-state index contributed by atoms with van der Waals surface area (Å²) in [7, 11) is 0. The van der Waals surface area contributed by atoms with Gasteiger partial charge < -0.3 is 4.74 Å². The van der Waals surface area contributed by atoms with Gasteiger partial charge in [-0.3, -0.25) is 4.98 Å². The van der Waals surface area contributed by atoms with Gasteiger partial charge >= 0.3 is 0 Å². The molecule has 0 aliphatic heterocycles. The van der Waals surface area contributed by atoms with E-state index in [-0.39, 0.29) is 0 Å². The van der Waals surface area contributed by atoms with Crippen molar-refractivity contribution < 1.29 is 4.74 Å². The first-order valence-electron chi connectivity index (χ1n) is 5.85. The zero-order chi connectivity index (χ0) is 11.8. The highest BCUT2D eigenvalue weighted by Gasteiger charge is 2.04. The van der Waals surface area contributed by atoms with Crippen molar-refractivity contribution in [3.8, 4) is 5.88 Å². The number of hydrogen-bond donors (Lipinski definition) is 0. The van der Waals surface area contributed by atoms with E-state index in [1.165, 1.54) is 0 Å². The maximum absolute atomic E-state index is 5.59. The molecule has 0 atom stereocenters. The predicted octanol–water partition coefficient (Wildman–Crippen LogP) is 3.00. The van der Waals surface area contributed by atoms with Crippen molar-refractivity contribution in [1.82, 2.24) is 9.97 Å². The van der Waals surface area contributed by atoms with Gasteiger partial charge in [0, 0.05) is 5.88 Å². The molecule has 0 unspecified atom stereocenters. The molecule has 0 saturated carbocycles. The average Bonchev–Trinajstić information content (AvgIpc) is 2.34. The molecule has 90 valence electrons. The molecule has 16 heavy (non-hydrogen) atoms. The fourth-order valence-electron chi connectivity index (χ4n) is 1.46. The Morgan fingerprint density at radius 2 is 1.94 bits per heavy atom. The van der Waals surface area contributed by atoms with Gasteiger partial charge in [0.15, 0.2) is 0 Å². The Kier molecular flexibility index (Phi) is 6.16. The molecule has 0 fully saturated rings. The van der Waals surface area contributed by atoms with E-state index in [1.807, 2.05) is 0 Å². The van der Waals surface area contributed by atoms with Gasteiger partial charge in [0.2, 0.25) is 5.88 Å². The maximum atomic E-state index is 5.59. The molecule has 1 aromatic rings. The Balaban J connectivity index is 2.54. The summed E-state index contributed by atoms with van der Waals surface area (Å²) in [6.45, 7) is 4.83. The molecule has 0 bridgehead atoms. The minimum atomic E-state index is 0.628. The molecule has 0 aliphatic carbocycles. The van der Waals surface area contributed by atoms with E-state index >= 15 is 0 Å². The van der Waals surface area contributed by atoms with Crippen LogP contribution >= 0.6 is 11.6 Å². The Bertz CT molecular complexity index is 318. The van der Waals surface area contributed by atoms with Crippen molar-refractivity contribution in [2.45, 2.75) is 39.5 Å². The van der Waals surface area contributed by atoms with Crippen molar-refractivity contribution in [1.29, 1.82) is 0 Å². The zero-order valence-electron chi connectivity index (χ0n) is 10.0. The van der Waals surface area contributed by atoms with Gasteiger partial charge in [-0.25, -0.2) is 4.98 Å². The number of halogens is 1. The molecular weight excluding hydrogens is 224 g/mol. The van der Waals surface area contributed by atoms with Gasteiger partial charge in [0.25, 0.3) is 0 Å². The topological polar surface area (TPSA) is 35.0 Å². The largest absolute Gasteiger partial charge is 0.477 e. The molecular formula is C12H19ClN2O. The van der Waals surface area contributed by atoms with Crippen LogP contribution in [0.2, 0.25) is 0 Å². The smallest absolute Gasteiger partial charge is 0.232 e. The van der Waals surface area contributed by atoms with Crippen LogP contribution in [0, 0.1) is 0 Å². The predicted molar refractivity (Wildman–Crippen MR) is 66.2 cm³/mol. The summed E-state index contributed by atoms with van der Waals surface area (Å²) in [6, 6.07) is 0. The van der Waals surface area contributed by atoms with Crippen molar-refractivity contribution >= 4 is 11.6 Å². The highest BCUT2D eigenvalue weighted by Crippen LogP contribution is 2.11. The molecule has 0 saturated heterocycles. The Hall–Kier alpha value is -0.830. The van der Waals surface area contributed by atoms with E-state index in [0.717, 1.165) is 37.1 Å². The zero-order valence-corrected chi connectivity index (χ0v) is 10.8. The van der Waals surface area contributed by atoms with Crippen molar-refractivity contribution in [2.24, 2.45) is 0 Å². The molecule has 0 radical (unpaired) electrons. The third-order valence-corrected chi connectivity index (χ3v) is 2.62. The molecule has 1 heterocycles. The molecule has 4 heteroatoms. The minimum absolute atomic E-state index is 0.628. The Morgan fingerprint density at radius 1 is 1.19 bits per heavy atom. The summed E-state index contributed by atoms with van der Waals surface area (Å²) < 4.78 is 5.52. The lowest BCUT2D eigenvalue weighted by Crippen LogP contribution is -2.04. The molecule has 3 nitrogen and oxygen atoms in total. The van der Waals surface area contributed by atoms with Gasteiger partial charge in [-0.15, -0.1) is 11.6 Å². The molecule has 0 spiro atoms. The maximum Gasteiger partial charge on any atom is 0.232 e.